The number of esters is 2. The van der Waals surface area contributed by atoms with E-state index in [4.69, 9.17) is 21.1 Å². The summed E-state index contributed by atoms with van der Waals surface area (Å²) in [5, 5.41) is 6.86. The molecule has 3 rings (SSSR count). The molecule has 0 spiro atoms. The molecular formula is C21H21ClN2O4. The Hall–Kier alpha value is -2.99. The first-order valence-corrected chi connectivity index (χ1v) is 9.39. The van der Waals surface area contributed by atoms with Crippen LogP contribution in [0, 0.1) is 0 Å². The first kappa shape index (κ1) is 19.8. The van der Waals surface area contributed by atoms with Crippen LogP contribution < -0.4 is 10.6 Å². The van der Waals surface area contributed by atoms with Gasteiger partial charge in [-0.05, 0) is 37.6 Å². The van der Waals surface area contributed by atoms with Crippen LogP contribution in [0.1, 0.15) is 19.4 Å². The molecule has 1 heterocycles. The Morgan fingerprint density at radius 2 is 1.71 bits per heavy atom. The van der Waals surface area contributed by atoms with E-state index >= 15 is 0 Å². The van der Waals surface area contributed by atoms with Crippen LogP contribution in [0.4, 0.5) is 11.4 Å². The van der Waals surface area contributed by atoms with Gasteiger partial charge in [0.1, 0.15) is 0 Å². The van der Waals surface area contributed by atoms with Gasteiger partial charge in [0.15, 0.2) is 6.04 Å². The van der Waals surface area contributed by atoms with E-state index in [1.54, 1.807) is 32.0 Å². The monoisotopic (exact) mass is 400 g/mol. The number of hydrogen-bond acceptors (Lipinski definition) is 6. The maximum Gasteiger partial charge on any atom is 0.338 e. The van der Waals surface area contributed by atoms with Gasteiger partial charge in [0.2, 0.25) is 0 Å². The van der Waals surface area contributed by atoms with Crippen molar-refractivity contribution in [2.75, 3.05) is 23.8 Å². The first-order valence-electron chi connectivity index (χ1n) is 9.01. The molecule has 2 aromatic rings. The number of anilines is 2. The summed E-state index contributed by atoms with van der Waals surface area (Å²) in [7, 11) is 0. The molecule has 1 aliphatic heterocycles. The van der Waals surface area contributed by atoms with Crippen LogP contribution in [0.5, 0.6) is 0 Å². The van der Waals surface area contributed by atoms with Crippen molar-refractivity contribution >= 4 is 40.6 Å². The molecule has 0 saturated heterocycles. The second-order valence-electron chi connectivity index (χ2n) is 6.02. The highest BCUT2D eigenvalue weighted by Crippen LogP contribution is 2.36. The predicted molar refractivity (Wildman–Crippen MR) is 109 cm³/mol. The van der Waals surface area contributed by atoms with Gasteiger partial charge in [0, 0.05) is 5.02 Å². The number of nitrogens with one attached hydrogen (secondary N) is 2. The maximum atomic E-state index is 12.9. The lowest BCUT2D eigenvalue weighted by molar-refractivity contribution is -0.146. The number of ether oxygens (including phenoxy) is 2. The molecule has 0 aromatic heterocycles. The third-order valence-electron chi connectivity index (χ3n) is 4.18. The van der Waals surface area contributed by atoms with E-state index in [-0.39, 0.29) is 18.8 Å². The van der Waals surface area contributed by atoms with Crippen molar-refractivity contribution in [2.24, 2.45) is 0 Å². The van der Waals surface area contributed by atoms with E-state index in [1.165, 1.54) is 0 Å². The van der Waals surface area contributed by atoms with Gasteiger partial charge in [0.05, 0.1) is 35.9 Å². The van der Waals surface area contributed by atoms with Crippen molar-refractivity contribution in [3.63, 3.8) is 0 Å². The van der Waals surface area contributed by atoms with Gasteiger partial charge in [-0.2, -0.15) is 0 Å². The van der Waals surface area contributed by atoms with Gasteiger partial charge in [-0.25, -0.2) is 9.59 Å². The maximum absolute atomic E-state index is 12.9. The van der Waals surface area contributed by atoms with E-state index in [9.17, 15) is 9.59 Å². The normalized spacial score (nSPS) is 15.6. The van der Waals surface area contributed by atoms with E-state index in [1.807, 2.05) is 30.3 Å². The number of hydrogen-bond donors (Lipinski definition) is 2. The zero-order valence-corrected chi connectivity index (χ0v) is 16.4. The Morgan fingerprint density at radius 3 is 2.39 bits per heavy atom. The highest BCUT2D eigenvalue weighted by molar-refractivity contribution is 6.31. The minimum Gasteiger partial charge on any atom is -0.464 e. The number of carbonyl (C=O) groups excluding carboxylic acids is 2. The Morgan fingerprint density at radius 1 is 1.00 bits per heavy atom. The Bertz CT molecular complexity index is 912. The summed E-state index contributed by atoms with van der Waals surface area (Å²) < 4.78 is 10.5. The Labute approximate surface area is 168 Å². The van der Waals surface area contributed by atoms with Crippen LogP contribution in [-0.2, 0) is 19.1 Å². The Balaban J connectivity index is 2.23. The molecule has 1 aliphatic rings. The van der Waals surface area contributed by atoms with Gasteiger partial charge < -0.3 is 20.1 Å². The molecule has 0 amide bonds. The topological polar surface area (TPSA) is 76.7 Å². The van der Waals surface area contributed by atoms with Crippen LogP contribution in [0.2, 0.25) is 5.02 Å². The van der Waals surface area contributed by atoms with Crippen molar-refractivity contribution in [1.82, 2.24) is 0 Å². The van der Waals surface area contributed by atoms with Crippen LogP contribution in [-0.4, -0.2) is 31.2 Å². The average Bonchev–Trinajstić information content (AvgIpc) is 2.86. The fourth-order valence-corrected chi connectivity index (χ4v) is 3.15. The lowest BCUT2D eigenvalue weighted by atomic mass is 10.00. The van der Waals surface area contributed by atoms with Crippen LogP contribution in [0.25, 0.3) is 5.70 Å². The minimum atomic E-state index is -1.05. The molecular weight excluding hydrogens is 380 g/mol. The predicted octanol–water partition coefficient (Wildman–Crippen LogP) is 4.08. The summed E-state index contributed by atoms with van der Waals surface area (Å²) in [5.74, 6) is -1.17. The lowest BCUT2D eigenvalue weighted by Crippen LogP contribution is -2.37. The average molecular weight is 401 g/mol. The second-order valence-corrected chi connectivity index (χ2v) is 6.46. The summed E-state index contributed by atoms with van der Waals surface area (Å²) in [5.41, 5.74) is 2.63. The molecule has 2 N–H and O–H groups in total. The minimum absolute atomic E-state index is 0.152. The van der Waals surface area contributed by atoms with Gasteiger partial charge in [-0.1, -0.05) is 41.9 Å². The molecule has 0 saturated carbocycles. The molecule has 0 radical (unpaired) electrons. The fourth-order valence-electron chi connectivity index (χ4n) is 2.98. The molecule has 7 heteroatoms. The number of rotatable bonds is 5. The SMILES string of the molecule is CCOC(=O)C1=C(c2ccccc2)Nc2ccc(Cl)cc2NC1C(=O)OCC. The Kier molecular flexibility index (Phi) is 6.21. The molecule has 146 valence electrons. The number of halogens is 1. The summed E-state index contributed by atoms with van der Waals surface area (Å²) in [4.78, 5) is 25.6. The molecule has 1 unspecified atom stereocenters. The molecule has 28 heavy (non-hydrogen) atoms. The molecule has 0 aliphatic carbocycles. The van der Waals surface area contributed by atoms with E-state index in [2.05, 4.69) is 10.6 Å². The zero-order valence-electron chi connectivity index (χ0n) is 15.6. The number of benzene rings is 2. The molecule has 2 aromatic carbocycles. The molecule has 1 atom stereocenters. The summed E-state index contributed by atoms with van der Waals surface area (Å²) in [6.45, 7) is 3.79. The fraction of sp³-hybridized carbons (Fsp3) is 0.238. The largest absolute Gasteiger partial charge is 0.464 e. The van der Waals surface area contributed by atoms with Crippen molar-refractivity contribution in [3.05, 3.63) is 64.7 Å². The highest BCUT2D eigenvalue weighted by Gasteiger charge is 2.36. The smallest absolute Gasteiger partial charge is 0.338 e. The molecule has 0 bridgehead atoms. The lowest BCUT2D eigenvalue weighted by Gasteiger charge is -2.20. The van der Waals surface area contributed by atoms with Crippen molar-refractivity contribution in [2.45, 2.75) is 19.9 Å². The van der Waals surface area contributed by atoms with Gasteiger partial charge in [0.25, 0.3) is 0 Å². The van der Waals surface area contributed by atoms with Crippen molar-refractivity contribution in [1.29, 1.82) is 0 Å². The second kappa shape index (κ2) is 8.80. The van der Waals surface area contributed by atoms with E-state index in [0.717, 1.165) is 5.56 Å². The molecule has 6 nitrogen and oxygen atoms in total. The third kappa shape index (κ3) is 4.12. The number of fused-ring (bicyclic) bond motifs is 1. The number of carbonyl (C=O) groups is 2. The van der Waals surface area contributed by atoms with Gasteiger partial charge in [-0.15, -0.1) is 0 Å². The van der Waals surface area contributed by atoms with E-state index in [0.29, 0.717) is 22.1 Å². The standard InChI is InChI=1S/C21H21ClN2O4/c1-3-27-20(25)17-18(13-8-6-5-7-9-13)23-15-11-10-14(22)12-16(15)24-19(17)21(26)28-4-2/h5-12,19,23-24H,3-4H2,1-2H3. The van der Waals surface area contributed by atoms with Gasteiger partial charge in [-0.3, -0.25) is 0 Å². The molecule has 0 fully saturated rings. The quantitative estimate of drug-likeness (QED) is 0.736. The zero-order chi connectivity index (χ0) is 20.1. The summed E-state index contributed by atoms with van der Waals surface area (Å²) in [6.07, 6.45) is 0. The third-order valence-corrected chi connectivity index (χ3v) is 4.41. The van der Waals surface area contributed by atoms with Crippen LogP contribution in [0.3, 0.4) is 0 Å². The van der Waals surface area contributed by atoms with Crippen LogP contribution in [0.15, 0.2) is 54.1 Å². The van der Waals surface area contributed by atoms with Crippen molar-refractivity contribution in [3.8, 4) is 0 Å². The van der Waals surface area contributed by atoms with E-state index < -0.39 is 18.0 Å². The summed E-state index contributed by atoms with van der Waals surface area (Å²) in [6, 6.07) is 13.4. The highest BCUT2D eigenvalue weighted by atomic mass is 35.5. The summed E-state index contributed by atoms with van der Waals surface area (Å²) >= 11 is 6.13. The van der Waals surface area contributed by atoms with Crippen molar-refractivity contribution < 1.29 is 19.1 Å². The van der Waals surface area contributed by atoms with Gasteiger partial charge >= 0.3 is 11.9 Å². The van der Waals surface area contributed by atoms with Crippen LogP contribution >= 0.6 is 11.6 Å². The first-order chi connectivity index (χ1) is 13.5.